The highest BCUT2D eigenvalue weighted by Crippen LogP contribution is 2.49. The molecule has 1 heteroatoms. The van der Waals surface area contributed by atoms with E-state index in [0.717, 1.165) is 17.1 Å². The molecule has 0 amide bonds. The SMILES string of the molecule is c1ccc(-c2ccccc2-c2c3ccccc3c(-c3ccccc3-c3ccccc3)c3cc(N(c4ccccc4)c4ccccc4)ccc23)cc1. The summed E-state index contributed by atoms with van der Waals surface area (Å²) in [6.07, 6.45) is 0. The second-order valence-electron chi connectivity index (χ2n) is 12.9. The molecule has 9 aromatic carbocycles. The zero-order valence-electron chi connectivity index (χ0n) is 28.2. The molecule has 0 radical (unpaired) electrons. The molecule has 9 rings (SSSR count). The number of hydrogen-bond acceptors (Lipinski definition) is 1. The van der Waals surface area contributed by atoms with Crippen molar-refractivity contribution in [1.82, 2.24) is 0 Å². The summed E-state index contributed by atoms with van der Waals surface area (Å²) >= 11 is 0. The van der Waals surface area contributed by atoms with Crippen LogP contribution < -0.4 is 4.90 Å². The van der Waals surface area contributed by atoms with Gasteiger partial charge in [0.1, 0.15) is 0 Å². The van der Waals surface area contributed by atoms with Crippen LogP contribution in [0.5, 0.6) is 0 Å². The summed E-state index contributed by atoms with van der Waals surface area (Å²) in [6, 6.07) is 76.6. The van der Waals surface area contributed by atoms with Crippen molar-refractivity contribution >= 4 is 38.6 Å². The van der Waals surface area contributed by atoms with Crippen molar-refractivity contribution in [2.45, 2.75) is 0 Å². The van der Waals surface area contributed by atoms with Gasteiger partial charge in [0, 0.05) is 17.1 Å². The topological polar surface area (TPSA) is 3.24 Å². The van der Waals surface area contributed by atoms with E-state index in [-0.39, 0.29) is 0 Å². The highest BCUT2D eigenvalue weighted by Gasteiger charge is 2.22. The van der Waals surface area contributed by atoms with E-state index in [2.05, 4.69) is 217 Å². The van der Waals surface area contributed by atoms with Gasteiger partial charge >= 0.3 is 0 Å². The van der Waals surface area contributed by atoms with Gasteiger partial charge in [-0.05, 0) is 102 Å². The molecule has 0 aliphatic heterocycles. The second kappa shape index (κ2) is 13.3. The maximum Gasteiger partial charge on any atom is 0.0468 e. The molecular formula is C50H35N. The first-order chi connectivity index (χ1) is 25.3. The third-order valence-corrected chi connectivity index (χ3v) is 9.86. The highest BCUT2D eigenvalue weighted by molar-refractivity contribution is 6.24. The summed E-state index contributed by atoms with van der Waals surface area (Å²) in [6.45, 7) is 0. The van der Waals surface area contributed by atoms with Gasteiger partial charge in [0.25, 0.3) is 0 Å². The zero-order valence-corrected chi connectivity index (χ0v) is 28.2. The minimum Gasteiger partial charge on any atom is -0.310 e. The van der Waals surface area contributed by atoms with Crippen LogP contribution in [-0.2, 0) is 0 Å². The molecule has 0 aliphatic carbocycles. The summed E-state index contributed by atoms with van der Waals surface area (Å²) in [5.41, 5.74) is 13.1. The normalized spacial score (nSPS) is 11.1. The van der Waals surface area contributed by atoms with Gasteiger partial charge in [-0.3, -0.25) is 0 Å². The lowest BCUT2D eigenvalue weighted by atomic mass is 9.82. The van der Waals surface area contributed by atoms with Crippen LogP contribution in [0, 0.1) is 0 Å². The molecule has 1 nitrogen and oxygen atoms in total. The van der Waals surface area contributed by atoms with Gasteiger partial charge in [-0.1, -0.05) is 176 Å². The van der Waals surface area contributed by atoms with Crippen molar-refractivity contribution in [2.24, 2.45) is 0 Å². The van der Waals surface area contributed by atoms with E-state index >= 15 is 0 Å². The predicted molar refractivity (Wildman–Crippen MR) is 218 cm³/mol. The Labute approximate surface area is 299 Å². The second-order valence-corrected chi connectivity index (χ2v) is 12.9. The lowest BCUT2D eigenvalue weighted by molar-refractivity contribution is 1.29. The van der Waals surface area contributed by atoms with Crippen molar-refractivity contribution in [3.05, 3.63) is 212 Å². The molecule has 0 bridgehead atoms. The summed E-state index contributed by atoms with van der Waals surface area (Å²) in [5.74, 6) is 0. The van der Waals surface area contributed by atoms with E-state index in [1.165, 1.54) is 66.1 Å². The predicted octanol–water partition coefficient (Wildman–Crippen LogP) is 14.1. The number of rotatable bonds is 7. The van der Waals surface area contributed by atoms with Crippen molar-refractivity contribution in [3.8, 4) is 44.5 Å². The van der Waals surface area contributed by atoms with E-state index in [1.54, 1.807) is 0 Å². The largest absolute Gasteiger partial charge is 0.310 e. The molecule has 240 valence electrons. The average molecular weight is 650 g/mol. The van der Waals surface area contributed by atoms with Gasteiger partial charge < -0.3 is 4.90 Å². The van der Waals surface area contributed by atoms with E-state index < -0.39 is 0 Å². The van der Waals surface area contributed by atoms with Crippen LogP contribution in [0.2, 0.25) is 0 Å². The lowest BCUT2D eigenvalue weighted by Gasteiger charge is -2.27. The number of para-hydroxylation sites is 2. The summed E-state index contributed by atoms with van der Waals surface area (Å²) < 4.78 is 0. The van der Waals surface area contributed by atoms with Gasteiger partial charge in [-0.25, -0.2) is 0 Å². The smallest absolute Gasteiger partial charge is 0.0468 e. The molecule has 0 N–H and O–H groups in total. The van der Waals surface area contributed by atoms with Gasteiger partial charge in [-0.15, -0.1) is 0 Å². The van der Waals surface area contributed by atoms with Crippen LogP contribution in [-0.4, -0.2) is 0 Å². The molecular weight excluding hydrogens is 615 g/mol. The minimum atomic E-state index is 1.11. The minimum absolute atomic E-state index is 1.11. The fourth-order valence-corrected chi connectivity index (χ4v) is 7.63. The van der Waals surface area contributed by atoms with Crippen molar-refractivity contribution in [1.29, 1.82) is 0 Å². The first-order valence-electron chi connectivity index (χ1n) is 17.5. The van der Waals surface area contributed by atoms with Gasteiger partial charge in [0.2, 0.25) is 0 Å². The molecule has 0 spiro atoms. The van der Waals surface area contributed by atoms with Gasteiger partial charge in [0.05, 0.1) is 0 Å². The highest BCUT2D eigenvalue weighted by atomic mass is 15.1. The summed E-state index contributed by atoms with van der Waals surface area (Å²) in [5, 5.41) is 4.90. The fraction of sp³-hybridized carbons (Fsp3) is 0. The lowest BCUT2D eigenvalue weighted by Crippen LogP contribution is -2.09. The van der Waals surface area contributed by atoms with E-state index in [0.29, 0.717) is 0 Å². The Hall–Kier alpha value is -6.70. The molecule has 0 unspecified atom stereocenters. The van der Waals surface area contributed by atoms with Crippen LogP contribution >= 0.6 is 0 Å². The Balaban J connectivity index is 1.42. The standard InChI is InChI=1S/C50H35N/c1-5-19-36(20-6-1)41-27-13-15-29-43(41)49-45-31-17-18-32-46(45)50(44-30-16-14-28-42(44)37-21-7-2-8-22-37)48-35-40(33-34-47(48)49)51(38-23-9-3-10-24-38)39-25-11-4-12-26-39/h1-35H. The van der Waals surface area contributed by atoms with E-state index in [9.17, 15) is 0 Å². The van der Waals surface area contributed by atoms with Crippen LogP contribution in [0.3, 0.4) is 0 Å². The Morgan fingerprint density at radius 2 is 0.588 bits per heavy atom. The first-order valence-corrected chi connectivity index (χ1v) is 17.5. The molecule has 0 aromatic heterocycles. The fourth-order valence-electron chi connectivity index (χ4n) is 7.63. The van der Waals surface area contributed by atoms with E-state index in [1.807, 2.05) is 0 Å². The Bertz CT molecular complexity index is 2570. The number of anilines is 3. The average Bonchev–Trinajstić information content (AvgIpc) is 3.21. The quantitative estimate of drug-likeness (QED) is 0.155. The molecule has 51 heavy (non-hydrogen) atoms. The molecule has 0 saturated carbocycles. The number of fused-ring (bicyclic) bond motifs is 2. The third-order valence-electron chi connectivity index (χ3n) is 9.86. The molecule has 0 fully saturated rings. The summed E-state index contributed by atoms with van der Waals surface area (Å²) in [7, 11) is 0. The molecule has 0 saturated heterocycles. The van der Waals surface area contributed by atoms with Crippen LogP contribution in [0.25, 0.3) is 66.1 Å². The first kappa shape index (κ1) is 30.4. The maximum absolute atomic E-state index is 2.41. The van der Waals surface area contributed by atoms with Crippen molar-refractivity contribution in [3.63, 3.8) is 0 Å². The van der Waals surface area contributed by atoms with Gasteiger partial charge in [0.15, 0.2) is 0 Å². The Morgan fingerprint density at radius 3 is 1.06 bits per heavy atom. The summed E-state index contributed by atoms with van der Waals surface area (Å²) in [4.78, 5) is 2.36. The molecule has 9 aromatic rings. The monoisotopic (exact) mass is 649 g/mol. The Morgan fingerprint density at radius 1 is 0.235 bits per heavy atom. The van der Waals surface area contributed by atoms with E-state index in [4.69, 9.17) is 0 Å². The van der Waals surface area contributed by atoms with Crippen LogP contribution in [0.4, 0.5) is 17.1 Å². The van der Waals surface area contributed by atoms with Crippen LogP contribution in [0.15, 0.2) is 212 Å². The number of hydrogen-bond donors (Lipinski definition) is 0. The number of benzene rings is 9. The van der Waals surface area contributed by atoms with Crippen molar-refractivity contribution < 1.29 is 0 Å². The number of nitrogens with zero attached hydrogens (tertiary/aromatic N) is 1. The zero-order chi connectivity index (χ0) is 34.0. The van der Waals surface area contributed by atoms with Crippen LogP contribution in [0.1, 0.15) is 0 Å². The third kappa shape index (κ3) is 5.56. The molecule has 0 aliphatic rings. The Kier molecular flexibility index (Phi) is 7.92. The van der Waals surface area contributed by atoms with Gasteiger partial charge in [-0.2, -0.15) is 0 Å². The van der Waals surface area contributed by atoms with Crippen molar-refractivity contribution in [2.75, 3.05) is 4.90 Å². The molecule has 0 heterocycles. The molecule has 0 atom stereocenters. The maximum atomic E-state index is 2.41.